The summed E-state index contributed by atoms with van der Waals surface area (Å²) in [6.45, 7) is -0.683. The molecule has 0 bridgehead atoms. The van der Waals surface area contributed by atoms with E-state index in [9.17, 15) is 27.6 Å². The Morgan fingerprint density at radius 1 is 0.939 bits per heavy atom. The van der Waals surface area contributed by atoms with Gasteiger partial charge in [0.05, 0.1) is 10.5 Å². The van der Waals surface area contributed by atoms with Crippen LogP contribution in [-0.4, -0.2) is 36.0 Å². The maximum atomic E-state index is 12.4. The predicted octanol–water partition coefficient (Wildman–Crippen LogP) is 0.680. The van der Waals surface area contributed by atoms with Crippen LogP contribution >= 0.6 is 0 Å². The van der Waals surface area contributed by atoms with Crippen LogP contribution in [0.3, 0.4) is 0 Å². The van der Waals surface area contributed by atoms with Gasteiger partial charge < -0.3 is 10.1 Å². The van der Waals surface area contributed by atoms with Gasteiger partial charge in [0, 0.05) is 25.8 Å². The van der Waals surface area contributed by atoms with Gasteiger partial charge in [-0.2, -0.15) is 0 Å². The molecular formula is C21H20N4O7S. The molecule has 0 aliphatic heterocycles. The first-order valence-corrected chi connectivity index (χ1v) is 11.0. The van der Waals surface area contributed by atoms with Gasteiger partial charge in [-0.3, -0.25) is 23.4 Å². The third kappa shape index (κ3) is 5.54. The Bertz CT molecular complexity index is 1410. The molecule has 1 amide bonds. The van der Waals surface area contributed by atoms with Crippen molar-refractivity contribution in [2.75, 3.05) is 16.6 Å². The van der Waals surface area contributed by atoms with Gasteiger partial charge in [-0.1, -0.05) is 18.2 Å². The summed E-state index contributed by atoms with van der Waals surface area (Å²) < 4.78 is 34.1. The van der Waals surface area contributed by atoms with Crippen LogP contribution in [0, 0.1) is 0 Å². The van der Waals surface area contributed by atoms with Crippen LogP contribution in [0.4, 0.5) is 11.5 Å². The van der Waals surface area contributed by atoms with Crippen LogP contribution in [-0.2, 0) is 33.7 Å². The first-order chi connectivity index (χ1) is 15.6. The zero-order chi connectivity index (χ0) is 24.2. The maximum Gasteiger partial charge on any atom is 0.338 e. The number of benzene rings is 2. The monoisotopic (exact) mass is 472 g/mol. The Hall–Kier alpha value is -4.19. The Labute approximate surface area is 188 Å². The van der Waals surface area contributed by atoms with E-state index in [1.54, 1.807) is 30.3 Å². The number of sulfonamides is 1. The number of ether oxygens (including phenoxy) is 1. The summed E-state index contributed by atoms with van der Waals surface area (Å²) in [6.07, 6.45) is 0. The first-order valence-electron chi connectivity index (χ1n) is 9.50. The number of hydrogen-bond donors (Lipinski definition) is 2. The van der Waals surface area contributed by atoms with Crippen molar-refractivity contribution in [3.63, 3.8) is 0 Å². The molecule has 0 aliphatic carbocycles. The molecule has 0 radical (unpaired) electrons. The van der Waals surface area contributed by atoms with E-state index in [0.29, 0.717) is 5.69 Å². The lowest BCUT2D eigenvalue weighted by molar-refractivity contribution is -0.119. The van der Waals surface area contributed by atoms with Crippen molar-refractivity contribution in [1.82, 2.24) is 9.13 Å². The lowest BCUT2D eigenvalue weighted by atomic mass is 10.2. The zero-order valence-electron chi connectivity index (χ0n) is 17.6. The van der Waals surface area contributed by atoms with Crippen LogP contribution in [0.15, 0.2) is 75.1 Å². The Kier molecular flexibility index (Phi) is 6.78. The molecule has 172 valence electrons. The van der Waals surface area contributed by atoms with E-state index in [4.69, 9.17) is 4.74 Å². The standard InChI is InChI=1S/C21H20N4O7S/c1-24-17(12-19(27)25(2)21(24)29)22-18(26)13-32-20(28)14-8-10-16(11-9-14)33(30,31)23-15-6-4-3-5-7-15/h3-12,23H,13H2,1-2H3,(H,22,26). The van der Waals surface area contributed by atoms with E-state index in [2.05, 4.69) is 10.0 Å². The van der Waals surface area contributed by atoms with Crippen molar-refractivity contribution >= 4 is 33.4 Å². The van der Waals surface area contributed by atoms with Gasteiger partial charge in [0.25, 0.3) is 21.5 Å². The van der Waals surface area contributed by atoms with Gasteiger partial charge >= 0.3 is 11.7 Å². The lowest BCUT2D eigenvalue weighted by Crippen LogP contribution is -2.38. The normalized spacial score (nSPS) is 11.0. The van der Waals surface area contributed by atoms with Crippen molar-refractivity contribution in [3.05, 3.63) is 87.1 Å². The summed E-state index contributed by atoms with van der Waals surface area (Å²) in [4.78, 5) is 47.8. The van der Waals surface area contributed by atoms with Gasteiger partial charge in [0.1, 0.15) is 5.82 Å². The number of carbonyl (C=O) groups is 2. The predicted molar refractivity (Wildman–Crippen MR) is 120 cm³/mol. The van der Waals surface area contributed by atoms with Crippen LogP contribution in [0.25, 0.3) is 0 Å². The van der Waals surface area contributed by atoms with Crippen molar-refractivity contribution in [1.29, 1.82) is 0 Å². The second-order valence-corrected chi connectivity index (χ2v) is 8.57. The number of anilines is 2. The third-order valence-electron chi connectivity index (χ3n) is 4.55. The van der Waals surface area contributed by atoms with E-state index in [-0.39, 0.29) is 16.3 Å². The van der Waals surface area contributed by atoms with Gasteiger partial charge in [0.15, 0.2) is 6.61 Å². The highest BCUT2D eigenvalue weighted by Crippen LogP contribution is 2.16. The number of esters is 1. The molecule has 0 unspecified atom stereocenters. The maximum absolute atomic E-state index is 12.4. The number of rotatable bonds is 7. The molecular weight excluding hydrogens is 452 g/mol. The van der Waals surface area contributed by atoms with E-state index < -0.39 is 39.8 Å². The highest BCUT2D eigenvalue weighted by molar-refractivity contribution is 7.92. The fourth-order valence-electron chi connectivity index (χ4n) is 2.74. The molecule has 2 aromatic carbocycles. The minimum atomic E-state index is -3.85. The third-order valence-corrected chi connectivity index (χ3v) is 5.95. The fraction of sp³-hybridized carbons (Fsp3) is 0.143. The molecule has 2 N–H and O–H groups in total. The number of hydrogen-bond acceptors (Lipinski definition) is 7. The summed E-state index contributed by atoms with van der Waals surface area (Å²) in [6, 6.07) is 14.3. The number of carbonyl (C=O) groups excluding carboxylic acids is 2. The Balaban J connectivity index is 1.61. The molecule has 1 aromatic heterocycles. The average Bonchev–Trinajstić information content (AvgIpc) is 2.80. The van der Waals surface area contributed by atoms with Crippen LogP contribution in [0.5, 0.6) is 0 Å². The topological polar surface area (TPSA) is 146 Å². The van der Waals surface area contributed by atoms with E-state index in [1.807, 2.05) is 0 Å². The number of nitrogens with one attached hydrogen (secondary N) is 2. The van der Waals surface area contributed by atoms with Gasteiger partial charge in [-0.05, 0) is 36.4 Å². The highest BCUT2D eigenvalue weighted by Gasteiger charge is 2.17. The molecule has 3 aromatic rings. The molecule has 12 heteroatoms. The largest absolute Gasteiger partial charge is 0.452 e. The van der Waals surface area contributed by atoms with Crippen LogP contribution < -0.4 is 21.3 Å². The van der Waals surface area contributed by atoms with Crippen molar-refractivity contribution in [2.45, 2.75) is 4.90 Å². The zero-order valence-corrected chi connectivity index (χ0v) is 18.5. The smallest absolute Gasteiger partial charge is 0.338 e. The van der Waals surface area contributed by atoms with Crippen molar-refractivity contribution in [3.8, 4) is 0 Å². The first kappa shape index (κ1) is 23.5. The lowest BCUT2D eigenvalue weighted by Gasteiger charge is -2.11. The molecule has 0 atom stereocenters. The molecule has 0 saturated heterocycles. The minimum Gasteiger partial charge on any atom is -0.452 e. The summed E-state index contributed by atoms with van der Waals surface area (Å²) in [5.74, 6) is -1.68. The van der Waals surface area contributed by atoms with E-state index >= 15 is 0 Å². The molecule has 33 heavy (non-hydrogen) atoms. The second-order valence-electron chi connectivity index (χ2n) is 6.89. The van der Waals surface area contributed by atoms with Crippen molar-refractivity contribution < 1.29 is 22.7 Å². The molecule has 0 aliphatic rings. The van der Waals surface area contributed by atoms with Crippen LogP contribution in [0.1, 0.15) is 10.4 Å². The highest BCUT2D eigenvalue weighted by atomic mass is 32.2. The average molecular weight is 472 g/mol. The summed E-state index contributed by atoms with van der Waals surface area (Å²) in [7, 11) is -1.19. The van der Waals surface area contributed by atoms with Gasteiger partial charge in [-0.25, -0.2) is 18.0 Å². The molecule has 1 heterocycles. The molecule has 11 nitrogen and oxygen atoms in total. The Morgan fingerprint density at radius 3 is 2.21 bits per heavy atom. The minimum absolute atomic E-state index is 0.0300. The Morgan fingerprint density at radius 2 is 1.58 bits per heavy atom. The SMILES string of the molecule is Cn1c(NC(=O)COC(=O)c2ccc(S(=O)(=O)Nc3ccccc3)cc2)cc(=O)n(C)c1=O. The fourth-order valence-corrected chi connectivity index (χ4v) is 3.80. The number of para-hydroxylation sites is 1. The molecule has 0 saturated carbocycles. The summed E-state index contributed by atoms with van der Waals surface area (Å²) in [5.41, 5.74) is -0.822. The molecule has 3 rings (SSSR count). The quantitative estimate of drug-likeness (QED) is 0.481. The summed E-state index contributed by atoms with van der Waals surface area (Å²) in [5, 5.41) is 2.32. The van der Waals surface area contributed by atoms with E-state index in [0.717, 1.165) is 15.2 Å². The number of aromatic nitrogens is 2. The number of amides is 1. The molecule has 0 spiro atoms. The van der Waals surface area contributed by atoms with Crippen LogP contribution in [0.2, 0.25) is 0 Å². The van der Waals surface area contributed by atoms with E-state index in [1.165, 1.54) is 38.4 Å². The second kappa shape index (κ2) is 9.53. The van der Waals surface area contributed by atoms with Crippen molar-refractivity contribution in [2.24, 2.45) is 14.1 Å². The molecule has 0 fully saturated rings. The number of nitrogens with zero attached hydrogens (tertiary/aromatic N) is 2. The summed E-state index contributed by atoms with van der Waals surface area (Å²) >= 11 is 0. The van der Waals surface area contributed by atoms with Gasteiger partial charge in [-0.15, -0.1) is 0 Å². The van der Waals surface area contributed by atoms with Gasteiger partial charge in [0.2, 0.25) is 0 Å².